The van der Waals surface area contributed by atoms with Crippen molar-refractivity contribution in [2.24, 2.45) is 10.9 Å². The van der Waals surface area contributed by atoms with E-state index >= 15 is 0 Å². The van der Waals surface area contributed by atoms with Crippen LogP contribution in [0.1, 0.15) is 12.5 Å². The summed E-state index contributed by atoms with van der Waals surface area (Å²) in [4.78, 5) is 5.07. The van der Waals surface area contributed by atoms with Crippen molar-refractivity contribution in [2.45, 2.75) is 13.5 Å². The number of halogens is 2. The van der Waals surface area contributed by atoms with Crippen molar-refractivity contribution in [2.75, 3.05) is 6.54 Å². The van der Waals surface area contributed by atoms with Crippen molar-refractivity contribution in [3.63, 3.8) is 0 Å². The maximum absolute atomic E-state index is 5.84. The summed E-state index contributed by atoms with van der Waals surface area (Å²) in [5.74, 6) is 0. The number of hydrogen-bond donors (Lipinski definition) is 1. The average Bonchev–Trinajstić information content (AvgIpc) is 2.23. The highest BCUT2D eigenvalue weighted by Crippen LogP contribution is 2.22. The maximum Gasteiger partial charge on any atom is 0.142 e. The Kier molecular flexibility index (Phi) is 4.88. The van der Waals surface area contributed by atoms with Gasteiger partial charge in [-0.2, -0.15) is 0 Å². The maximum atomic E-state index is 5.84. The van der Waals surface area contributed by atoms with Crippen molar-refractivity contribution in [1.29, 1.82) is 0 Å². The fourth-order valence-electron chi connectivity index (χ4n) is 0.884. The highest BCUT2D eigenvalue weighted by Gasteiger charge is 1.99. The SMILES string of the molecule is C/C(CN)=N\OCc1ccc(Cl)c(Cl)c1. The van der Waals surface area contributed by atoms with Crippen molar-refractivity contribution in [3.8, 4) is 0 Å². The summed E-state index contributed by atoms with van der Waals surface area (Å²) >= 11 is 11.6. The van der Waals surface area contributed by atoms with Crippen LogP contribution in [0.3, 0.4) is 0 Å². The second-order valence-corrected chi connectivity index (χ2v) is 3.87. The van der Waals surface area contributed by atoms with E-state index < -0.39 is 0 Å². The minimum absolute atomic E-state index is 0.355. The monoisotopic (exact) mass is 246 g/mol. The number of hydrogen-bond acceptors (Lipinski definition) is 3. The molecule has 1 rings (SSSR count). The van der Waals surface area contributed by atoms with E-state index in [1.54, 1.807) is 19.1 Å². The standard InChI is InChI=1S/C10H12Cl2N2O/c1-7(5-13)14-15-6-8-2-3-9(11)10(12)4-8/h2-4H,5-6,13H2,1H3/b14-7+. The molecule has 1 aromatic rings. The zero-order valence-electron chi connectivity index (χ0n) is 8.34. The molecule has 2 N–H and O–H groups in total. The molecule has 0 unspecified atom stereocenters. The molecule has 0 aliphatic heterocycles. The van der Waals surface area contributed by atoms with Crippen LogP contribution < -0.4 is 5.73 Å². The molecular formula is C10H12Cl2N2O. The number of nitrogens with two attached hydrogens (primary N) is 1. The fourth-order valence-corrected chi connectivity index (χ4v) is 1.20. The van der Waals surface area contributed by atoms with Crippen LogP contribution in [0, 0.1) is 0 Å². The lowest BCUT2D eigenvalue weighted by molar-refractivity contribution is 0.130. The van der Waals surface area contributed by atoms with Gasteiger partial charge in [0.15, 0.2) is 0 Å². The third-order valence-corrected chi connectivity index (χ3v) is 2.47. The molecule has 0 fully saturated rings. The molecule has 0 saturated heterocycles. The lowest BCUT2D eigenvalue weighted by Gasteiger charge is -2.02. The first-order valence-corrected chi connectivity index (χ1v) is 5.18. The van der Waals surface area contributed by atoms with Gasteiger partial charge in [0.1, 0.15) is 6.61 Å². The first kappa shape index (κ1) is 12.3. The van der Waals surface area contributed by atoms with Gasteiger partial charge in [0.25, 0.3) is 0 Å². The topological polar surface area (TPSA) is 47.6 Å². The summed E-state index contributed by atoms with van der Waals surface area (Å²) in [6.07, 6.45) is 0. The minimum atomic E-state index is 0.355. The van der Waals surface area contributed by atoms with Gasteiger partial charge in [0.2, 0.25) is 0 Å². The van der Waals surface area contributed by atoms with E-state index in [1.807, 2.05) is 6.07 Å². The van der Waals surface area contributed by atoms with E-state index in [0.29, 0.717) is 23.2 Å². The zero-order chi connectivity index (χ0) is 11.3. The van der Waals surface area contributed by atoms with E-state index in [-0.39, 0.29) is 0 Å². The van der Waals surface area contributed by atoms with E-state index in [0.717, 1.165) is 11.3 Å². The molecule has 0 aliphatic rings. The molecule has 0 atom stereocenters. The van der Waals surface area contributed by atoms with Gasteiger partial charge in [-0.1, -0.05) is 34.4 Å². The predicted octanol–water partition coefficient (Wildman–Crippen LogP) is 2.84. The summed E-state index contributed by atoms with van der Waals surface area (Å²) < 4.78 is 0. The number of benzene rings is 1. The van der Waals surface area contributed by atoms with Gasteiger partial charge < -0.3 is 10.6 Å². The second-order valence-electron chi connectivity index (χ2n) is 3.05. The van der Waals surface area contributed by atoms with Crippen LogP contribution in [-0.4, -0.2) is 12.3 Å². The van der Waals surface area contributed by atoms with Crippen LogP contribution >= 0.6 is 23.2 Å². The summed E-state index contributed by atoms with van der Waals surface area (Å²) in [5.41, 5.74) is 7.01. The Morgan fingerprint density at radius 1 is 1.40 bits per heavy atom. The normalized spacial score (nSPS) is 11.6. The zero-order valence-corrected chi connectivity index (χ0v) is 9.85. The molecular weight excluding hydrogens is 235 g/mol. The van der Waals surface area contributed by atoms with Crippen LogP contribution in [0.2, 0.25) is 10.0 Å². The molecule has 0 amide bonds. The van der Waals surface area contributed by atoms with Crippen LogP contribution in [0.5, 0.6) is 0 Å². The molecule has 3 nitrogen and oxygen atoms in total. The second kappa shape index (κ2) is 5.95. The number of nitrogens with zero attached hydrogens (tertiary/aromatic N) is 1. The Balaban J connectivity index is 2.55. The van der Waals surface area contributed by atoms with Crippen molar-refractivity contribution >= 4 is 28.9 Å². The molecule has 15 heavy (non-hydrogen) atoms. The first-order chi connectivity index (χ1) is 7.13. The van der Waals surface area contributed by atoms with Crippen LogP contribution in [-0.2, 0) is 11.4 Å². The van der Waals surface area contributed by atoms with Gasteiger partial charge in [-0.3, -0.25) is 0 Å². The molecule has 0 aliphatic carbocycles. The summed E-state index contributed by atoms with van der Waals surface area (Å²) in [6.45, 7) is 2.55. The fraction of sp³-hybridized carbons (Fsp3) is 0.300. The molecule has 1 aromatic carbocycles. The largest absolute Gasteiger partial charge is 0.391 e. The highest BCUT2D eigenvalue weighted by molar-refractivity contribution is 6.42. The van der Waals surface area contributed by atoms with E-state index in [1.165, 1.54) is 0 Å². The van der Waals surface area contributed by atoms with Gasteiger partial charge in [-0.25, -0.2) is 0 Å². The number of oxime groups is 1. The molecule has 0 aromatic heterocycles. The highest BCUT2D eigenvalue weighted by atomic mass is 35.5. The molecule has 0 spiro atoms. The third kappa shape index (κ3) is 4.08. The molecule has 0 bridgehead atoms. The average molecular weight is 247 g/mol. The summed E-state index contributed by atoms with van der Waals surface area (Å²) in [7, 11) is 0. The van der Waals surface area contributed by atoms with E-state index in [4.69, 9.17) is 33.8 Å². The Bertz CT molecular complexity index is 366. The summed E-state index contributed by atoms with van der Waals surface area (Å²) in [5, 5.41) is 4.85. The van der Waals surface area contributed by atoms with Gasteiger partial charge in [0, 0.05) is 6.54 Å². The molecule has 0 heterocycles. The molecule has 0 radical (unpaired) electrons. The van der Waals surface area contributed by atoms with E-state index in [9.17, 15) is 0 Å². The minimum Gasteiger partial charge on any atom is -0.391 e. The smallest absolute Gasteiger partial charge is 0.142 e. The van der Waals surface area contributed by atoms with Gasteiger partial charge in [-0.05, 0) is 24.6 Å². The van der Waals surface area contributed by atoms with E-state index in [2.05, 4.69) is 5.16 Å². The Hall–Kier alpha value is -0.770. The predicted molar refractivity (Wildman–Crippen MR) is 63.4 cm³/mol. The quantitative estimate of drug-likeness (QED) is 0.656. The van der Waals surface area contributed by atoms with Crippen LogP contribution in [0.4, 0.5) is 0 Å². The Labute approximate surface area is 98.8 Å². The van der Waals surface area contributed by atoms with Crippen LogP contribution in [0.15, 0.2) is 23.4 Å². The van der Waals surface area contributed by atoms with Gasteiger partial charge >= 0.3 is 0 Å². The van der Waals surface area contributed by atoms with Crippen molar-refractivity contribution in [1.82, 2.24) is 0 Å². The Morgan fingerprint density at radius 3 is 2.73 bits per heavy atom. The Morgan fingerprint density at radius 2 is 2.13 bits per heavy atom. The third-order valence-electron chi connectivity index (χ3n) is 1.73. The lowest BCUT2D eigenvalue weighted by atomic mass is 10.2. The molecule has 0 saturated carbocycles. The lowest BCUT2D eigenvalue weighted by Crippen LogP contribution is -2.09. The van der Waals surface area contributed by atoms with Crippen molar-refractivity contribution in [3.05, 3.63) is 33.8 Å². The molecule has 82 valence electrons. The van der Waals surface area contributed by atoms with Gasteiger partial charge in [0.05, 0.1) is 15.8 Å². The molecule has 5 heteroatoms. The number of rotatable bonds is 4. The van der Waals surface area contributed by atoms with Crippen LogP contribution in [0.25, 0.3) is 0 Å². The first-order valence-electron chi connectivity index (χ1n) is 4.43. The van der Waals surface area contributed by atoms with Gasteiger partial charge in [-0.15, -0.1) is 0 Å². The summed E-state index contributed by atoms with van der Waals surface area (Å²) in [6, 6.07) is 5.31. The van der Waals surface area contributed by atoms with Crippen molar-refractivity contribution < 1.29 is 4.84 Å².